The lowest BCUT2D eigenvalue weighted by Crippen LogP contribution is -2.43. The minimum atomic E-state index is -0.322. The second-order valence-corrected chi connectivity index (χ2v) is 9.06. The van der Waals surface area contributed by atoms with Crippen LogP contribution in [0.15, 0.2) is 29.4 Å². The smallest absolute Gasteiger partial charge is 0.314 e. The number of carbonyl (C=O) groups is 2. The molecule has 0 spiro atoms. The number of aromatic nitrogens is 2. The normalized spacial score (nSPS) is 20.6. The molecule has 11 heteroatoms. The van der Waals surface area contributed by atoms with Gasteiger partial charge in [0.15, 0.2) is 17.9 Å². The fourth-order valence-electron chi connectivity index (χ4n) is 4.51. The van der Waals surface area contributed by atoms with E-state index >= 15 is 0 Å². The van der Waals surface area contributed by atoms with Gasteiger partial charge >= 0.3 is 6.03 Å². The highest BCUT2D eigenvalue weighted by atomic mass is 19.1. The van der Waals surface area contributed by atoms with Crippen LogP contribution in [0.5, 0.6) is 5.75 Å². The molecule has 2 heterocycles. The number of hydrogen-bond acceptors (Lipinski definition) is 8. The zero-order valence-electron chi connectivity index (χ0n) is 21.7. The van der Waals surface area contributed by atoms with Crippen LogP contribution < -0.4 is 20.7 Å². The van der Waals surface area contributed by atoms with Gasteiger partial charge in [-0.15, -0.1) is 0 Å². The summed E-state index contributed by atoms with van der Waals surface area (Å²) in [7, 11) is 4.93. The Morgan fingerprint density at radius 1 is 1.19 bits per heavy atom. The van der Waals surface area contributed by atoms with Gasteiger partial charge in [0.2, 0.25) is 0 Å². The summed E-state index contributed by atoms with van der Waals surface area (Å²) in [4.78, 5) is 36.4. The first-order valence-corrected chi connectivity index (χ1v) is 12.4. The number of hydrogen-bond donors (Lipinski definition) is 3. The molecule has 1 fully saturated rings. The molecule has 4 rings (SSSR count). The van der Waals surface area contributed by atoms with Crippen LogP contribution in [0.1, 0.15) is 59.7 Å². The summed E-state index contributed by atoms with van der Waals surface area (Å²) in [5.74, 6) is 0.934. The molecular weight excluding hydrogens is 479 g/mol. The number of nitrogens with zero attached hydrogens (tertiary/aromatic N) is 3. The summed E-state index contributed by atoms with van der Waals surface area (Å²) in [6, 6.07) is 6.56. The van der Waals surface area contributed by atoms with Crippen molar-refractivity contribution in [1.29, 1.82) is 0 Å². The van der Waals surface area contributed by atoms with Crippen molar-refractivity contribution >= 4 is 18.0 Å². The Bertz CT molecular complexity index is 1100. The number of carbonyl (C=O) groups excluding carboxylic acids is 2. The third kappa shape index (κ3) is 7.94. The first kappa shape index (κ1) is 28.0. The van der Waals surface area contributed by atoms with Gasteiger partial charge in [0.05, 0.1) is 12.8 Å². The maximum absolute atomic E-state index is 12.9. The highest BCUT2D eigenvalue weighted by molar-refractivity contribution is 6.00. The van der Waals surface area contributed by atoms with Crippen LogP contribution in [-0.2, 0) is 11.4 Å². The molecule has 37 heavy (non-hydrogen) atoms. The predicted molar refractivity (Wildman–Crippen MR) is 137 cm³/mol. The van der Waals surface area contributed by atoms with Crippen LogP contribution in [0.4, 0.5) is 9.18 Å². The minimum absolute atomic E-state index is 0.0332. The third-order valence-corrected chi connectivity index (χ3v) is 6.42. The van der Waals surface area contributed by atoms with Crippen LogP contribution in [-0.4, -0.2) is 61.3 Å². The van der Waals surface area contributed by atoms with E-state index in [1.54, 1.807) is 32.2 Å². The Labute approximate surface area is 216 Å². The van der Waals surface area contributed by atoms with Crippen molar-refractivity contribution in [2.24, 2.45) is 11.1 Å². The fraction of sp³-hybridized carbons (Fsp3) is 0.500. The Hall–Kier alpha value is -3.60. The Morgan fingerprint density at radius 3 is 2.59 bits per heavy atom. The van der Waals surface area contributed by atoms with Gasteiger partial charge in [-0.2, -0.15) is 0 Å². The van der Waals surface area contributed by atoms with E-state index in [9.17, 15) is 14.0 Å². The lowest BCUT2D eigenvalue weighted by atomic mass is 9.81. The molecule has 2 amide bonds. The molecule has 1 unspecified atom stereocenters. The van der Waals surface area contributed by atoms with Gasteiger partial charge in [-0.25, -0.2) is 19.2 Å². The Balaban J connectivity index is 0.000000266. The van der Waals surface area contributed by atoms with Crippen molar-refractivity contribution in [3.8, 4) is 5.75 Å². The number of methoxy groups -OCH3 is 1. The summed E-state index contributed by atoms with van der Waals surface area (Å²) in [5.41, 5.74) is 2.79. The van der Waals surface area contributed by atoms with Crippen LogP contribution in [0, 0.1) is 18.7 Å². The van der Waals surface area contributed by atoms with E-state index in [-0.39, 0.29) is 24.0 Å². The number of halogens is 1. The van der Waals surface area contributed by atoms with E-state index < -0.39 is 0 Å². The molecule has 2 aromatic rings. The summed E-state index contributed by atoms with van der Waals surface area (Å²) in [5, 5.41) is 12.7. The quantitative estimate of drug-likeness (QED) is 0.485. The molecule has 1 aliphatic carbocycles. The molecule has 3 N–H and O–H groups in total. The van der Waals surface area contributed by atoms with E-state index in [1.807, 2.05) is 7.05 Å². The van der Waals surface area contributed by atoms with Gasteiger partial charge in [0.25, 0.3) is 0 Å². The SMILES string of the molecule is CNC(=O)NC1CCC(C2CC(c3cc(C=O)nc(C)n3)=NO2)CC1.CNCc1ccc(F)c(OC)c1. The largest absolute Gasteiger partial charge is 0.494 e. The van der Waals surface area contributed by atoms with Gasteiger partial charge in [0, 0.05) is 26.1 Å². The molecule has 1 aromatic heterocycles. The number of ether oxygens (including phenoxy) is 1. The number of rotatable bonds is 7. The molecule has 0 saturated heterocycles. The average molecular weight is 515 g/mol. The number of urea groups is 1. The van der Waals surface area contributed by atoms with Gasteiger partial charge in [0.1, 0.15) is 23.3 Å². The molecule has 10 nitrogen and oxygen atoms in total. The number of aryl methyl sites for hydroxylation is 1. The second-order valence-electron chi connectivity index (χ2n) is 9.06. The van der Waals surface area contributed by atoms with Gasteiger partial charge < -0.3 is 25.5 Å². The zero-order valence-corrected chi connectivity index (χ0v) is 21.7. The number of nitrogens with one attached hydrogen (secondary N) is 3. The highest BCUT2D eigenvalue weighted by Gasteiger charge is 2.34. The lowest BCUT2D eigenvalue weighted by molar-refractivity contribution is 0.0239. The molecule has 0 bridgehead atoms. The van der Waals surface area contributed by atoms with Crippen LogP contribution in [0.3, 0.4) is 0 Å². The number of oxime groups is 1. The van der Waals surface area contributed by atoms with Crippen LogP contribution >= 0.6 is 0 Å². The topological polar surface area (TPSA) is 127 Å². The van der Waals surface area contributed by atoms with Crippen molar-refractivity contribution in [1.82, 2.24) is 25.9 Å². The van der Waals surface area contributed by atoms with Crippen molar-refractivity contribution < 1.29 is 23.6 Å². The van der Waals surface area contributed by atoms with E-state index in [1.165, 1.54) is 13.2 Å². The van der Waals surface area contributed by atoms with E-state index in [0.29, 0.717) is 41.6 Å². The predicted octanol–water partition coefficient (Wildman–Crippen LogP) is 3.13. The maximum Gasteiger partial charge on any atom is 0.314 e. The van der Waals surface area contributed by atoms with Gasteiger partial charge in [-0.05, 0) is 69.3 Å². The molecule has 2 aliphatic rings. The minimum Gasteiger partial charge on any atom is -0.494 e. The second kappa shape index (κ2) is 13.6. The number of amides is 2. The summed E-state index contributed by atoms with van der Waals surface area (Å²) >= 11 is 0. The Kier molecular flexibility index (Phi) is 10.3. The van der Waals surface area contributed by atoms with Gasteiger partial charge in [-0.1, -0.05) is 11.2 Å². The molecule has 200 valence electrons. The summed E-state index contributed by atoms with van der Waals surface area (Å²) < 4.78 is 17.7. The molecular formula is C26H35FN6O4. The average Bonchev–Trinajstić information content (AvgIpc) is 3.41. The van der Waals surface area contributed by atoms with E-state index in [0.717, 1.165) is 43.5 Å². The van der Waals surface area contributed by atoms with Crippen molar-refractivity contribution in [2.45, 2.75) is 57.7 Å². The number of benzene rings is 1. The monoisotopic (exact) mass is 514 g/mol. The van der Waals surface area contributed by atoms with Crippen LogP contribution in [0.25, 0.3) is 0 Å². The van der Waals surface area contributed by atoms with Crippen molar-refractivity contribution in [3.63, 3.8) is 0 Å². The first-order chi connectivity index (χ1) is 17.9. The summed E-state index contributed by atoms with van der Waals surface area (Å²) in [6.45, 7) is 2.47. The molecule has 1 aliphatic heterocycles. The highest BCUT2D eigenvalue weighted by Crippen LogP contribution is 2.33. The van der Waals surface area contributed by atoms with Gasteiger partial charge in [-0.3, -0.25) is 4.79 Å². The fourth-order valence-corrected chi connectivity index (χ4v) is 4.51. The first-order valence-electron chi connectivity index (χ1n) is 12.4. The van der Waals surface area contributed by atoms with Crippen molar-refractivity contribution in [3.05, 3.63) is 52.9 Å². The zero-order chi connectivity index (χ0) is 26.8. The molecule has 1 aromatic carbocycles. The molecule has 0 radical (unpaired) electrons. The van der Waals surface area contributed by atoms with Crippen LogP contribution in [0.2, 0.25) is 0 Å². The summed E-state index contributed by atoms with van der Waals surface area (Å²) in [6.07, 6.45) is 5.30. The van der Waals surface area contributed by atoms with E-state index in [4.69, 9.17) is 9.57 Å². The standard InChI is InChI=1S/C17H23N5O3.C9H12FNO/c1-10-19-13(9-23)7-14(20-10)15-8-16(25-22-15)11-3-5-12(6-4-11)21-17(24)18-2;1-11-6-7-3-4-8(10)9(5-7)12-2/h7,9,11-12,16H,3-6,8H2,1-2H3,(H2,18,21,24);3-5,11H,6H2,1-2H3. The van der Waals surface area contributed by atoms with E-state index in [2.05, 4.69) is 31.1 Å². The third-order valence-electron chi connectivity index (χ3n) is 6.42. The lowest BCUT2D eigenvalue weighted by Gasteiger charge is -2.31. The molecule has 1 saturated carbocycles. The van der Waals surface area contributed by atoms with Crippen molar-refractivity contribution in [2.75, 3.05) is 21.2 Å². The molecule has 1 atom stereocenters. The Morgan fingerprint density at radius 2 is 1.95 bits per heavy atom. The number of aldehydes is 1. The maximum atomic E-state index is 12.9.